The molecule has 1 aliphatic rings. The van der Waals surface area contributed by atoms with Crippen LogP contribution in [-0.4, -0.2) is 30.9 Å². The molecule has 3 rings (SSSR count). The predicted molar refractivity (Wildman–Crippen MR) is 102 cm³/mol. The van der Waals surface area contributed by atoms with Crippen LogP contribution in [0.3, 0.4) is 0 Å². The van der Waals surface area contributed by atoms with Gasteiger partial charge in [0.15, 0.2) is 5.78 Å². The first-order valence-corrected chi connectivity index (χ1v) is 8.84. The number of carbonyl (C=O) groups is 1. The lowest BCUT2D eigenvalue weighted by Gasteiger charge is -2.17. The van der Waals surface area contributed by atoms with Gasteiger partial charge in [0.1, 0.15) is 5.75 Å². The second kappa shape index (κ2) is 8.13. The van der Waals surface area contributed by atoms with Crippen LogP contribution in [0.2, 0.25) is 0 Å². The van der Waals surface area contributed by atoms with Gasteiger partial charge < -0.3 is 4.74 Å². The summed E-state index contributed by atoms with van der Waals surface area (Å²) in [5.41, 5.74) is 4.02. The number of likely N-dealkylation sites (tertiary alicyclic amines) is 1. The zero-order valence-electron chi connectivity index (χ0n) is 15.0. The average molecular weight is 335 g/mol. The van der Waals surface area contributed by atoms with E-state index in [2.05, 4.69) is 11.0 Å². The van der Waals surface area contributed by atoms with E-state index in [0.717, 1.165) is 42.1 Å². The highest BCUT2D eigenvalue weighted by atomic mass is 16.5. The molecule has 1 saturated heterocycles. The van der Waals surface area contributed by atoms with E-state index in [9.17, 15) is 4.79 Å². The Balaban J connectivity index is 1.76. The van der Waals surface area contributed by atoms with Crippen molar-refractivity contribution in [1.82, 2.24) is 4.90 Å². The Bertz CT molecular complexity index is 773. The number of aryl methyl sites for hydroxylation is 1. The number of ether oxygens (including phenoxy) is 1. The quantitative estimate of drug-likeness (QED) is 0.575. The Morgan fingerprint density at radius 2 is 1.96 bits per heavy atom. The average Bonchev–Trinajstić information content (AvgIpc) is 3.13. The van der Waals surface area contributed by atoms with Crippen LogP contribution in [0.4, 0.5) is 0 Å². The molecule has 2 aromatic rings. The summed E-state index contributed by atoms with van der Waals surface area (Å²) in [5, 5.41) is 0. The van der Waals surface area contributed by atoms with E-state index in [1.165, 1.54) is 18.4 Å². The second-order valence-corrected chi connectivity index (χ2v) is 6.62. The van der Waals surface area contributed by atoms with Crippen molar-refractivity contribution in [3.63, 3.8) is 0 Å². The van der Waals surface area contributed by atoms with Gasteiger partial charge in [0.25, 0.3) is 0 Å². The topological polar surface area (TPSA) is 29.5 Å². The van der Waals surface area contributed by atoms with Gasteiger partial charge >= 0.3 is 0 Å². The fourth-order valence-electron chi connectivity index (χ4n) is 3.27. The van der Waals surface area contributed by atoms with Crippen LogP contribution < -0.4 is 4.74 Å². The molecule has 0 aromatic heterocycles. The smallest absolute Gasteiger partial charge is 0.185 e. The van der Waals surface area contributed by atoms with Gasteiger partial charge in [-0.05, 0) is 62.7 Å². The van der Waals surface area contributed by atoms with Crippen molar-refractivity contribution in [2.45, 2.75) is 26.3 Å². The summed E-state index contributed by atoms with van der Waals surface area (Å²) in [7, 11) is 1.71. The zero-order valence-corrected chi connectivity index (χ0v) is 15.0. The Hall–Kier alpha value is -2.39. The van der Waals surface area contributed by atoms with Crippen molar-refractivity contribution < 1.29 is 9.53 Å². The first-order valence-electron chi connectivity index (χ1n) is 8.84. The zero-order chi connectivity index (χ0) is 17.6. The van der Waals surface area contributed by atoms with Crippen LogP contribution in [0.15, 0.2) is 48.5 Å². The second-order valence-electron chi connectivity index (χ2n) is 6.62. The molecule has 0 unspecified atom stereocenters. The Labute approximate surface area is 149 Å². The predicted octanol–water partition coefficient (Wildman–Crippen LogP) is 4.50. The van der Waals surface area contributed by atoms with E-state index in [0.29, 0.717) is 0 Å². The van der Waals surface area contributed by atoms with Crippen molar-refractivity contribution in [1.29, 1.82) is 0 Å². The maximum atomic E-state index is 12.3. The van der Waals surface area contributed by atoms with Crippen LogP contribution in [0.1, 0.15) is 39.9 Å². The highest BCUT2D eigenvalue weighted by molar-refractivity contribution is 6.06. The van der Waals surface area contributed by atoms with E-state index >= 15 is 0 Å². The molecule has 0 bridgehead atoms. The molecule has 0 spiro atoms. The normalized spacial score (nSPS) is 15.0. The fraction of sp³-hybridized carbons (Fsp3) is 0.318. The molecule has 2 aromatic carbocycles. The van der Waals surface area contributed by atoms with Gasteiger partial charge in [0, 0.05) is 17.7 Å². The number of hydrogen-bond acceptors (Lipinski definition) is 3. The van der Waals surface area contributed by atoms with Crippen molar-refractivity contribution in [3.8, 4) is 5.75 Å². The highest BCUT2D eigenvalue weighted by Crippen LogP contribution is 2.24. The van der Waals surface area contributed by atoms with Gasteiger partial charge in [-0.3, -0.25) is 9.69 Å². The first-order chi connectivity index (χ1) is 12.2. The van der Waals surface area contributed by atoms with Crippen molar-refractivity contribution in [2.24, 2.45) is 0 Å². The van der Waals surface area contributed by atoms with E-state index in [-0.39, 0.29) is 5.78 Å². The number of hydrogen-bond donors (Lipinski definition) is 0. The third kappa shape index (κ3) is 4.58. The molecule has 1 heterocycles. The highest BCUT2D eigenvalue weighted by Gasteiger charge is 2.14. The van der Waals surface area contributed by atoms with Crippen molar-refractivity contribution in [2.75, 3.05) is 20.2 Å². The maximum absolute atomic E-state index is 12.3. The monoisotopic (exact) mass is 335 g/mol. The Morgan fingerprint density at radius 1 is 1.16 bits per heavy atom. The molecule has 25 heavy (non-hydrogen) atoms. The van der Waals surface area contributed by atoms with Gasteiger partial charge in [-0.25, -0.2) is 0 Å². The summed E-state index contributed by atoms with van der Waals surface area (Å²) in [5.74, 6) is 0.940. The van der Waals surface area contributed by atoms with Crippen molar-refractivity contribution >= 4 is 11.9 Å². The van der Waals surface area contributed by atoms with E-state index < -0.39 is 0 Å². The molecule has 0 atom stereocenters. The standard InChI is InChI=1S/C22H25NO2/c1-17-6-5-7-19(14-17)21(24)10-8-18-9-11-22(25-2)20(15-18)16-23-12-3-4-13-23/h5-11,14-15H,3-4,12-13,16H2,1-2H3/b10-8+. The number of carbonyl (C=O) groups excluding carboxylic acids is 1. The Morgan fingerprint density at radius 3 is 2.68 bits per heavy atom. The van der Waals surface area contributed by atoms with Crippen LogP contribution >= 0.6 is 0 Å². The number of nitrogens with zero attached hydrogens (tertiary/aromatic N) is 1. The number of benzene rings is 2. The minimum Gasteiger partial charge on any atom is -0.496 e. The maximum Gasteiger partial charge on any atom is 0.185 e. The lowest BCUT2D eigenvalue weighted by molar-refractivity contribution is 0.104. The number of rotatable bonds is 6. The van der Waals surface area contributed by atoms with Gasteiger partial charge in [0.2, 0.25) is 0 Å². The van der Waals surface area contributed by atoms with Gasteiger partial charge in [-0.15, -0.1) is 0 Å². The lowest BCUT2D eigenvalue weighted by atomic mass is 10.1. The summed E-state index contributed by atoms with van der Waals surface area (Å²) in [4.78, 5) is 14.8. The first kappa shape index (κ1) is 17.4. The minimum atomic E-state index is 0.0283. The summed E-state index contributed by atoms with van der Waals surface area (Å²) in [6, 6.07) is 13.8. The van der Waals surface area contributed by atoms with E-state index in [4.69, 9.17) is 4.74 Å². The summed E-state index contributed by atoms with van der Waals surface area (Å²) in [6.45, 7) is 5.19. The lowest BCUT2D eigenvalue weighted by Crippen LogP contribution is -2.18. The van der Waals surface area contributed by atoms with Gasteiger partial charge in [-0.2, -0.15) is 0 Å². The summed E-state index contributed by atoms with van der Waals surface area (Å²) >= 11 is 0. The molecule has 0 saturated carbocycles. The molecule has 0 amide bonds. The van der Waals surface area contributed by atoms with Gasteiger partial charge in [0.05, 0.1) is 7.11 Å². The molecular weight excluding hydrogens is 310 g/mol. The van der Waals surface area contributed by atoms with Crippen LogP contribution in [0.25, 0.3) is 6.08 Å². The number of ketones is 1. The number of allylic oxidation sites excluding steroid dienone is 1. The largest absolute Gasteiger partial charge is 0.496 e. The van der Waals surface area contributed by atoms with E-state index in [1.807, 2.05) is 49.4 Å². The Kier molecular flexibility index (Phi) is 5.67. The molecule has 3 nitrogen and oxygen atoms in total. The minimum absolute atomic E-state index is 0.0283. The molecule has 0 radical (unpaired) electrons. The third-order valence-electron chi connectivity index (χ3n) is 4.63. The molecule has 130 valence electrons. The molecule has 0 N–H and O–H groups in total. The van der Waals surface area contributed by atoms with Crippen molar-refractivity contribution in [3.05, 3.63) is 70.8 Å². The van der Waals surface area contributed by atoms with Crippen LogP contribution in [-0.2, 0) is 6.54 Å². The van der Waals surface area contributed by atoms with Crippen LogP contribution in [0.5, 0.6) is 5.75 Å². The molecule has 1 aliphatic heterocycles. The number of methoxy groups -OCH3 is 1. The molecule has 0 aliphatic carbocycles. The van der Waals surface area contributed by atoms with Gasteiger partial charge in [-0.1, -0.05) is 35.9 Å². The SMILES string of the molecule is COc1ccc(/C=C/C(=O)c2cccc(C)c2)cc1CN1CCCC1. The molecule has 3 heteroatoms. The molecule has 1 fully saturated rings. The molecular formula is C22H25NO2. The third-order valence-corrected chi connectivity index (χ3v) is 4.63. The summed E-state index contributed by atoms with van der Waals surface area (Å²) < 4.78 is 5.50. The fourth-order valence-corrected chi connectivity index (χ4v) is 3.27. The van der Waals surface area contributed by atoms with Crippen LogP contribution in [0, 0.1) is 6.92 Å². The summed E-state index contributed by atoms with van der Waals surface area (Å²) in [6.07, 6.45) is 6.08. The van der Waals surface area contributed by atoms with E-state index in [1.54, 1.807) is 13.2 Å².